The highest BCUT2D eigenvalue weighted by atomic mass is 16.5. The second kappa shape index (κ2) is 7.29. The average Bonchev–Trinajstić information content (AvgIpc) is 2.43. The summed E-state index contributed by atoms with van der Waals surface area (Å²) in [6.07, 6.45) is 0. The van der Waals surface area contributed by atoms with Gasteiger partial charge < -0.3 is 15.4 Å². The number of hydrogen-bond donors (Lipinski definition) is 1. The number of ether oxygens (including phenoxy) is 1. The lowest BCUT2D eigenvalue weighted by molar-refractivity contribution is 0.0274. The molecule has 0 radical (unpaired) electrons. The van der Waals surface area contributed by atoms with Gasteiger partial charge in [-0.05, 0) is 37.4 Å². The van der Waals surface area contributed by atoms with E-state index < -0.39 is 0 Å². The van der Waals surface area contributed by atoms with Crippen LogP contribution in [0.4, 0.5) is 5.69 Å². The van der Waals surface area contributed by atoms with Crippen LogP contribution in [0.15, 0.2) is 24.3 Å². The molecule has 0 aromatic heterocycles. The Balaban J connectivity index is 2.52. The lowest BCUT2D eigenvalue weighted by Crippen LogP contribution is -2.37. The smallest absolute Gasteiger partial charge is 0.338 e. The Morgan fingerprint density at radius 2 is 1.75 bits per heavy atom. The predicted molar refractivity (Wildman–Crippen MR) is 82.7 cm³/mol. The van der Waals surface area contributed by atoms with Crippen LogP contribution in [-0.2, 0) is 4.74 Å². The maximum Gasteiger partial charge on any atom is 0.338 e. The van der Waals surface area contributed by atoms with E-state index in [1.807, 2.05) is 0 Å². The molecule has 0 amide bonds. The number of anilines is 1. The molecule has 1 rings (SSSR count). The standard InChI is InChI=1S/C16H26N2O2/c1-5-18(6-2)11-16(3,4)12-20-15(19)13-7-9-14(17)10-8-13/h7-10H,5-6,11-12,17H2,1-4H3. The Morgan fingerprint density at radius 1 is 1.20 bits per heavy atom. The molecule has 0 bridgehead atoms. The molecule has 0 spiro atoms. The van der Waals surface area contributed by atoms with Crippen molar-refractivity contribution < 1.29 is 9.53 Å². The lowest BCUT2D eigenvalue weighted by atomic mass is 9.94. The molecule has 20 heavy (non-hydrogen) atoms. The summed E-state index contributed by atoms with van der Waals surface area (Å²) in [4.78, 5) is 14.3. The van der Waals surface area contributed by atoms with Gasteiger partial charge in [-0.15, -0.1) is 0 Å². The third-order valence-electron chi connectivity index (χ3n) is 3.29. The summed E-state index contributed by atoms with van der Waals surface area (Å²) in [5.74, 6) is -0.294. The van der Waals surface area contributed by atoms with Crippen molar-refractivity contribution in [2.24, 2.45) is 5.41 Å². The first kappa shape index (κ1) is 16.5. The zero-order valence-electron chi connectivity index (χ0n) is 13.0. The van der Waals surface area contributed by atoms with Crippen LogP contribution in [0.25, 0.3) is 0 Å². The monoisotopic (exact) mass is 278 g/mol. The summed E-state index contributed by atoms with van der Waals surface area (Å²) in [5.41, 5.74) is 6.72. The van der Waals surface area contributed by atoms with Gasteiger partial charge in [0.25, 0.3) is 0 Å². The highest BCUT2D eigenvalue weighted by molar-refractivity contribution is 5.89. The molecule has 0 unspecified atom stereocenters. The van der Waals surface area contributed by atoms with Crippen LogP contribution >= 0.6 is 0 Å². The van der Waals surface area contributed by atoms with Gasteiger partial charge in [0.1, 0.15) is 0 Å². The van der Waals surface area contributed by atoms with E-state index in [1.165, 1.54) is 0 Å². The van der Waals surface area contributed by atoms with Crippen LogP contribution in [0.5, 0.6) is 0 Å². The predicted octanol–water partition coefficient (Wildman–Crippen LogP) is 2.79. The summed E-state index contributed by atoms with van der Waals surface area (Å²) >= 11 is 0. The maximum atomic E-state index is 12.0. The van der Waals surface area contributed by atoms with Gasteiger partial charge >= 0.3 is 5.97 Å². The molecular formula is C16H26N2O2. The zero-order chi connectivity index (χ0) is 15.2. The molecule has 2 N–H and O–H groups in total. The van der Waals surface area contributed by atoms with Crippen molar-refractivity contribution in [1.29, 1.82) is 0 Å². The Labute approximate surface area is 121 Å². The van der Waals surface area contributed by atoms with Crippen LogP contribution in [0.3, 0.4) is 0 Å². The van der Waals surface area contributed by atoms with E-state index in [0.29, 0.717) is 17.9 Å². The van der Waals surface area contributed by atoms with Crippen molar-refractivity contribution in [2.75, 3.05) is 32.0 Å². The van der Waals surface area contributed by atoms with Crippen LogP contribution in [0.2, 0.25) is 0 Å². The molecular weight excluding hydrogens is 252 g/mol. The third kappa shape index (κ3) is 5.21. The molecule has 1 aromatic rings. The first-order valence-electron chi connectivity index (χ1n) is 7.13. The fourth-order valence-electron chi connectivity index (χ4n) is 2.06. The molecule has 0 fully saturated rings. The first-order chi connectivity index (χ1) is 9.38. The number of rotatable bonds is 7. The number of esters is 1. The Morgan fingerprint density at radius 3 is 2.25 bits per heavy atom. The van der Waals surface area contributed by atoms with E-state index in [-0.39, 0.29) is 11.4 Å². The number of hydrogen-bond acceptors (Lipinski definition) is 4. The van der Waals surface area contributed by atoms with Gasteiger partial charge in [0, 0.05) is 17.6 Å². The molecule has 0 aliphatic heterocycles. The molecule has 112 valence electrons. The van der Waals surface area contributed by atoms with Crippen molar-refractivity contribution in [3.8, 4) is 0 Å². The number of carbonyl (C=O) groups is 1. The Bertz CT molecular complexity index is 423. The minimum Gasteiger partial charge on any atom is -0.461 e. The van der Waals surface area contributed by atoms with Gasteiger partial charge in [-0.1, -0.05) is 27.7 Å². The molecule has 0 heterocycles. The summed E-state index contributed by atoms with van der Waals surface area (Å²) < 4.78 is 5.42. The van der Waals surface area contributed by atoms with Gasteiger partial charge in [0.15, 0.2) is 0 Å². The minimum atomic E-state index is -0.294. The molecule has 4 heteroatoms. The molecule has 1 aromatic carbocycles. The van der Waals surface area contributed by atoms with E-state index in [1.54, 1.807) is 24.3 Å². The van der Waals surface area contributed by atoms with E-state index >= 15 is 0 Å². The van der Waals surface area contributed by atoms with Crippen molar-refractivity contribution >= 4 is 11.7 Å². The number of benzene rings is 1. The van der Waals surface area contributed by atoms with Crippen LogP contribution < -0.4 is 5.73 Å². The first-order valence-corrected chi connectivity index (χ1v) is 7.13. The van der Waals surface area contributed by atoms with Crippen molar-refractivity contribution in [3.05, 3.63) is 29.8 Å². The highest BCUT2D eigenvalue weighted by Gasteiger charge is 2.23. The molecule has 0 aliphatic carbocycles. The maximum absolute atomic E-state index is 12.0. The van der Waals surface area contributed by atoms with E-state index in [4.69, 9.17) is 10.5 Å². The van der Waals surface area contributed by atoms with Gasteiger partial charge in [-0.3, -0.25) is 0 Å². The topological polar surface area (TPSA) is 55.6 Å². The Hall–Kier alpha value is -1.55. The quantitative estimate of drug-likeness (QED) is 0.615. The van der Waals surface area contributed by atoms with Crippen LogP contribution in [0.1, 0.15) is 38.1 Å². The minimum absolute atomic E-state index is 0.0600. The molecule has 0 atom stereocenters. The number of nitrogens with two attached hydrogens (primary N) is 1. The summed E-state index contributed by atoms with van der Waals surface area (Å²) in [6.45, 7) is 11.8. The largest absolute Gasteiger partial charge is 0.461 e. The van der Waals surface area contributed by atoms with Crippen LogP contribution in [0, 0.1) is 5.41 Å². The van der Waals surface area contributed by atoms with Crippen LogP contribution in [-0.4, -0.2) is 37.1 Å². The highest BCUT2D eigenvalue weighted by Crippen LogP contribution is 2.18. The van der Waals surface area contributed by atoms with E-state index in [2.05, 4.69) is 32.6 Å². The van der Waals surface area contributed by atoms with Crippen molar-refractivity contribution in [3.63, 3.8) is 0 Å². The van der Waals surface area contributed by atoms with Gasteiger partial charge in [-0.2, -0.15) is 0 Å². The molecule has 0 saturated carbocycles. The Kier molecular flexibility index (Phi) is 6.02. The normalized spacial score (nSPS) is 11.7. The number of carbonyl (C=O) groups excluding carboxylic acids is 1. The number of nitrogens with zero attached hydrogens (tertiary/aromatic N) is 1. The van der Waals surface area contributed by atoms with Crippen molar-refractivity contribution in [2.45, 2.75) is 27.7 Å². The summed E-state index contributed by atoms with van der Waals surface area (Å²) in [6, 6.07) is 6.79. The molecule has 0 saturated heterocycles. The summed E-state index contributed by atoms with van der Waals surface area (Å²) in [7, 11) is 0. The average molecular weight is 278 g/mol. The lowest BCUT2D eigenvalue weighted by Gasteiger charge is -2.30. The fraction of sp³-hybridized carbons (Fsp3) is 0.562. The number of nitrogen functional groups attached to an aromatic ring is 1. The van der Waals surface area contributed by atoms with E-state index in [0.717, 1.165) is 19.6 Å². The third-order valence-corrected chi connectivity index (χ3v) is 3.29. The van der Waals surface area contributed by atoms with Gasteiger partial charge in [0.2, 0.25) is 0 Å². The molecule has 0 aliphatic rings. The zero-order valence-corrected chi connectivity index (χ0v) is 13.0. The molecule has 4 nitrogen and oxygen atoms in total. The summed E-state index contributed by atoms with van der Waals surface area (Å²) in [5, 5.41) is 0. The van der Waals surface area contributed by atoms with Gasteiger partial charge in [-0.25, -0.2) is 4.79 Å². The van der Waals surface area contributed by atoms with E-state index in [9.17, 15) is 4.79 Å². The van der Waals surface area contributed by atoms with Crippen molar-refractivity contribution in [1.82, 2.24) is 4.90 Å². The van der Waals surface area contributed by atoms with Gasteiger partial charge in [0.05, 0.1) is 12.2 Å². The SMILES string of the molecule is CCN(CC)CC(C)(C)COC(=O)c1ccc(N)cc1. The fourth-order valence-corrected chi connectivity index (χ4v) is 2.06. The second-order valence-electron chi connectivity index (χ2n) is 5.82. The second-order valence-corrected chi connectivity index (χ2v) is 5.82.